The van der Waals surface area contributed by atoms with E-state index in [0.717, 1.165) is 37.0 Å². The second-order valence-corrected chi connectivity index (χ2v) is 8.90. The number of hydrogen-bond donors (Lipinski definition) is 1. The molecule has 2 rings (SSSR count). The van der Waals surface area contributed by atoms with Crippen molar-refractivity contribution in [3.05, 3.63) is 21.9 Å². The first-order valence-corrected chi connectivity index (χ1v) is 12.2. The molecule has 156 valence electrons. The van der Waals surface area contributed by atoms with Gasteiger partial charge in [-0.3, -0.25) is 4.79 Å². The minimum atomic E-state index is -0.965. The molecular formula is C21H31NO4S2. The van der Waals surface area contributed by atoms with E-state index in [9.17, 15) is 14.7 Å². The van der Waals surface area contributed by atoms with Gasteiger partial charge >= 0.3 is 5.97 Å². The van der Waals surface area contributed by atoms with Crippen LogP contribution in [0.5, 0.6) is 0 Å². The van der Waals surface area contributed by atoms with Gasteiger partial charge in [-0.2, -0.15) is 0 Å². The highest BCUT2D eigenvalue weighted by molar-refractivity contribution is 7.98. The zero-order valence-electron chi connectivity index (χ0n) is 17.0. The summed E-state index contributed by atoms with van der Waals surface area (Å²) in [6, 6.07) is 1.91. The third-order valence-corrected chi connectivity index (χ3v) is 6.43. The van der Waals surface area contributed by atoms with E-state index in [1.807, 2.05) is 26.2 Å². The van der Waals surface area contributed by atoms with Gasteiger partial charge in [0.25, 0.3) is 0 Å². The van der Waals surface area contributed by atoms with Crippen molar-refractivity contribution in [1.82, 2.24) is 0 Å². The Balaban J connectivity index is 2.19. The van der Waals surface area contributed by atoms with Crippen LogP contribution in [0.15, 0.2) is 12.1 Å². The highest BCUT2D eigenvalue weighted by Crippen LogP contribution is 2.38. The molecule has 0 aliphatic heterocycles. The second kappa shape index (κ2) is 11.6. The number of thiophene rings is 1. The lowest BCUT2D eigenvalue weighted by Gasteiger charge is -2.23. The Bertz CT molecular complexity index is 699. The lowest BCUT2D eigenvalue weighted by Crippen LogP contribution is -2.32. The lowest BCUT2D eigenvalue weighted by molar-refractivity contribution is -0.118. The molecule has 5 nitrogen and oxygen atoms in total. The average molecular weight is 426 g/mol. The Kier molecular flexibility index (Phi) is 9.55. The average Bonchev–Trinajstić information content (AvgIpc) is 3.15. The Morgan fingerprint density at radius 2 is 2.18 bits per heavy atom. The molecule has 1 aromatic heterocycles. The van der Waals surface area contributed by atoms with Crippen molar-refractivity contribution >= 4 is 46.2 Å². The second-order valence-electron chi connectivity index (χ2n) is 7.03. The van der Waals surface area contributed by atoms with E-state index >= 15 is 0 Å². The van der Waals surface area contributed by atoms with E-state index in [0.29, 0.717) is 24.6 Å². The van der Waals surface area contributed by atoms with Gasteiger partial charge in [0.05, 0.1) is 17.7 Å². The number of allylic oxidation sites excluding steroid dienone is 2. The third-order valence-electron chi connectivity index (χ3n) is 4.87. The van der Waals surface area contributed by atoms with Gasteiger partial charge in [-0.1, -0.05) is 13.0 Å². The number of amides is 1. The minimum Gasteiger partial charge on any atom is -0.477 e. The molecule has 1 N–H and O–H groups in total. The number of anilines is 1. The summed E-state index contributed by atoms with van der Waals surface area (Å²) in [5.74, 6) is -0.347. The number of aromatic carboxylic acids is 1. The summed E-state index contributed by atoms with van der Waals surface area (Å²) >= 11 is 2.93. The molecule has 1 heterocycles. The number of nitrogens with zero attached hydrogens (tertiary/aromatic N) is 1. The number of ether oxygens (including phenoxy) is 1. The van der Waals surface area contributed by atoms with Gasteiger partial charge in [-0.25, -0.2) is 4.79 Å². The van der Waals surface area contributed by atoms with Crippen LogP contribution in [0.3, 0.4) is 0 Å². The monoisotopic (exact) mass is 425 g/mol. The summed E-state index contributed by atoms with van der Waals surface area (Å²) < 4.78 is 5.67. The number of hydrogen-bond acceptors (Lipinski definition) is 5. The normalized spacial score (nSPS) is 15.2. The number of carboxylic acid groups (broad SMARTS) is 1. The molecule has 0 aromatic carbocycles. The maximum absolute atomic E-state index is 12.6. The quantitative estimate of drug-likeness (QED) is 0.464. The first-order chi connectivity index (χ1) is 13.5. The van der Waals surface area contributed by atoms with Crippen LogP contribution in [0, 0.1) is 0 Å². The number of thioether (sulfide) groups is 1. The molecule has 1 aliphatic carbocycles. The predicted molar refractivity (Wildman–Crippen MR) is 119 cm³/mol. The predicted octanol–water partition coefficient (Wildman–Crippen LogP) is 5.65. The van der Waals surface area contributed by atoms with Crippen molar-refractivity contribution in [2.45, 2.75) is 64.9 Å². The zero-order valence-corrected chi connectivity index (χ0v) is 18.7. The van der Waals surface area contributed by atoms with Gasteiger partial charge in [0.2, 0.25) is 5.91 Å². The summed E-state index contributed by atoms with van der Waals surface area (Å²) in [6.45, 7) is 4.36. The number of carbonyl (C=O) groups is 2. The summed E-state index contributed by atoms with van der Waals surface area (Å²) in [7, 11) is 0. The van der Waals surface area contributed by atoms with Crippen molar-refractivity contribution in [1.29, 1.82) is 0 Å². The molecule has 0 radical (unpaired) electrons. The van der Waals surface area contributed by atoms with Crippen LogP contribution >= 0.6 is 23.1 Å². The molecular weight excluding hydrogens is 394 g/mol. The molecule has 0 saturated heterocycles. The zero-order chi connectivity index (χ0) is 20.5. The fourth-order valence-electron chi connectivity index (χ4n) is 3.33. The molecule has 1 atom stereocenters. The molecule has 7 heteroatoms. The van der Waals surface area contributed by atoms with Crippen LogP contribution < -0.4 is 4.90 Å². The van der Waals surface area contributed by atoms with Gasteiger partial charge in [0, 0.05) is 17.8 Å². The minimum absolute atomic E-state index is 0.0397. The summed E-state index contributed by atoms with van der Waals surface area (Å²) in [6.07, 6.45) is 10.6. The molecule has 1 amide bonds. The fourth-order valence-corrected chi connectivity index (χ4v) is 4.77. The first kappa shape index (κ1) is 23.0. The molecule has 0 bridgehead atoms. The van der Waals surface area contributed by atoms with Crippen LogP contribution in [0.25, 0.3) is 5.57 Å². The Morgan fingerprint density at radius 3 is 2.79 bits per heavy atom. The van der Waals surface area contributed by atoms with Crippen LogP contribution in [0.4, 0.5) is 5.69 Å². The van der Waals surface area contributed by atoms with E-state index in [4.69, 9.17) is 4.74 Å². The Labute approximate surface area is 176 Å². The highest BCUT2D eigenvalue weighted by atomic mass is 32.2. The molecule has 28 heavy (non-hydrogen) atoms. The third kappa shape index (κ3) is 6.36. The molecule has 0 fully saturated rings. The standard InChI is InChI=1S/C21H31NO4S2/c1-4-19(23)22(12-8-9-15(2)26-14-27-3)17-13-18(28-20(17)21(24)25)16-10-6-5-7-11-16/h10,13,15H,4-9,11-12,14H2,1-3H3,(H,24,25). The number of carbonyl (C=O) groups excluding carboxylic acids is 1. The molecule has 1 aliphatic rings. The number of rotatable bonds is 11. The smallest absolute Gasteiger partial charge is 0.348 e. The molecule has 0 saturated carbocycles. The van der Waals surface area contributed by atoms with Gasteiger partial charge < -0.3 is 14.7 Å². The first-order valence-electron chi connectivity index (χ1n) is 9.95. The van der Waals surface area contributed by atoms with Crippen molar-refractivity contribution in [3.8, 4) is 0 Å². The summed E-state index contributed by atoms with van der Waals surface area (Å²) in [5.41, 5.74) is 1.76. The maximum Gasteiger partial charge on any atom is 0.348 e. The van der Waals surface area contributed by atoms with Gasteiger partial charge in [-0.15, -0.1) is 23.1 Å². The molecule has 1 aromatic rings. The lowest BCUT2D eigenvalue weighted by atomic mass is 9.98. The largest absolute Gasteiger partial charge is 0.477 e. The van der Waals surface area contributed by atoms with Gasteiger partial charge in [0.1, 0.15) is 4.88 Å². The SMILES string of the molecule is CCC(=O)N(CCCC(C)OCSC)c1cc(C2=CCCCC2)sc1C(=O)O. The van der Waals surface area contributed by atoms with Gasteiger partial charge in [0.15, 0.2) is 0 Å². The Morgan fingerprint density at radius 1 is 1.39 bits per heavy atom. The van der Waals surface area contributed by atoms with Gasteiger partial charge in [-0.05, 0) is 63.3 Å². The molecule has 0 spiro atoms. The van der Waals surface area contributed by atoms with E-state index in [-0.39, 0.29) is 16.9 Å². The Hall–Kier alpha value is -1.31. The number of carboxylic acids is 1. The van der Waals surface area contributed by atoms with Crippen molar-refractivity contribution < 1.29 is 19.4 Å². The van der Waals surface area contributed by atoms with Crippen LogP contribution in [-0.4, -0.2) is 41.8 Å². The van der Waals surface area contributed by atoms with Crippen molar-refractivity contribution in [2.24, 2.45) is 0 Å². The van der Waals surface area contributed by atoms with Crippen molar-refractivity contribution in [2.75, 3.05) is 23.6 Å². The van der Waals surface area contributed by atoms with Crippen LogP contribution in [0.1, 0.15) is 73.3 Å². The summed E-state index contributed by atoms with van der Waals surface area (Å²) in [4.78, 5) is 27.4. The molecule has 1 unspecified atom stereocenters. The van der Waals surface area contributed by atoms with E-state index in [1.54, 1.807) is 16.7 Å². The van der Waals surface area contributed by atoms with E-state index in [1.165, 1.54) is 23.3 Å². The van der Waals surface area contributed by atoms with Crippen LogP contribution in [0.2, 0.25) is 0 Å². The van der Waals surface area contributed by atoms with E-state index < -0.39 is 5.97 Å². The van der Waals surface area contributed by atoms with Crippen molar-refractivity contribution in [3.63, 3.8) is 0 Å². The highest BCUT2D eigenvalue weighted by Gasteiger charge is 2.25. The topological polar surface area (TPSA) is 66.8 Å². The fraction of sp³-hybridized carbons (Fsp3) is 0.619. The van der Waals surface area contributed by atoms with E-state index in [2.05, 4.69) is 6.08 Å². The summed E-state index contributed by atoms with van der Waals surface area (Å²) in [5, 5.41) is 9.72. The maximum atomic E-state index is 12.6. The van der Waals surface area contributed by atoms with Crippen LogP contribution in [-0.2, 0) is 9.53 Å².